The third-order valence-corrected chi connectivity index (χ3v) is 4.07. The Labute approximate surface area is 161 Å². The summed E-state index contributed by atoms with van der Waals surface area (Å²) in [4.78, 5) is 27.9. The highest BCUT2D eigenvalue weighted by molar-refractivity contribution is 6.05. The van der Waals surface area contributed by atoms with Crippen molar-refractivity contribution in [3.8, 4) is 5.75 Å². The number of nitrogens with two attached hydrogens (primary N) is 1. The highest BCUT2D eigenvalue weighted by Gasteiger charge is 2.13. The van der Waals surface area contributed by atoms with Gasteiger partial charge in [-0.3, -0.25) is 14.6 Å². The van der Waals surface area contributed by atoms with Crippen molar-refractivity contribution in [1.29, 1.82) is 0 Å². The number of aryl methyl sites for hydroxylation is 1. The SMILES string of the molecule is Cc1ccc(C(N)=O)cc1NC(=O)c1ccc(OCc2ccccn2)c(F)c1. The molecule has 1 aromatic heterocycles. The van der Waals surface area contributed by atoms with E-state index in [-0.39, 0.29) is 23.5 Å². The Kier molecular flexibility index (Phi) is 5.64. The van der Waals surface area contributed by atoms with Crippen molar-refractivity contribution in [1.82, 2.24) is 4.98 Å². The molecule has 2 aromatic carbocycles. The van der Waals surface area contributed by atoms with Gasteiger partial charge in [0.2, 0.25) is 5.91 Å². The van der Waals surface area contributed by atoms with Gasteiger partial charge in [0.25, 0.3) is 5.91 Å². The van der Waals surface area contributed by atoms with E-state index >= 15 is 0 Å². The summed E-state index contributed by atoms with van der Waals surface area (Å²) in [7, 11) is 0. The molecule has 0 radical (unpaired) electrons. The zero-order valence-corrected chi connectivity index (χ0v) is 15.1. The molecule has 0 saturated heterocycles. The summed E-state index contributed by atoms with van der Waals surface area (Å²) in [5, 5.41) is 2.66. The van der Waals surface area contributed by atoms with Gasteiger partial charge in [-0.1, -0.05) is 12.1 Å². The van der Waals surface area contributed by atoms with E-state index in [1.807, 2.05) is 6.07 Å². The van der Waals surface area contributed by atoms with Crippen molar-refractivity contribution in [2.24, 2.45) is 5.73 Å². The largest absolute Gasteiger partial charge is 0.484 e. The minimum absolute atomic E-state index is 0.0223. The van der Waals surface area contributed by atoms with Gasteiger partial charge in [0, 0.05) is 23.0 Å². The lowest BCUT2D eigenvalue weighted by molar-refractivity contribution is 0.0996. The molecule has 0 aliphatic heterocycles. The maximum absolute atomic E-state index is 14.3. The number of hydrogen-bond acceptors (Lipinski definition) is 4. The fourth-order valence-corrected chi connectivity index (χ4v) is 2.50. The smallest absolute Gasteiger partial charge is 0.255 e. The van der Waals surface area contributed by atoms with Crippen LogP contribution in [0, 0.1) is 12.7 Å². The van der Waals surface area contributed by atoms with Crippen LogP contribution in [0.1, 0.15) is 32.0 Å². The molecule has 0 aliphatic rings. The molecule has 3 N–H and O–H groups in total. The lowest BCUT2D eigenvalue weighted by atomic mass is 10.1. The number of rotatable bonds is 6. The van der Waals surface area contributed by atoms with Crippen LogP contribution in [-0.2, 0) is 6.61 Å². The van der Waals surface area contributed by atoms with E-state index in [0.29, 0.717) is 11.4 Å². The van der Waals surface area contributed by atoms with E-state index < -0.39 is 17.6 Å². The van der Waals surface area contributed by atoms with Gasteiger partial charge in [-0.25, -0.2) is 4.39 Å². The van der Waals surface area contributed by atoms with Gasteiger partial charge in [0.1, 0.15) is 6.61 Å². The second-order valence-corrected chi connectivity index (χ2v) is 6.10. The fraction of sp³-hybridized carbons (Fsp3) is 0.0952. The molecule has 6 nitrogen and oxygen atoms in total. The summed E-state index contributed by atoms with van der Waals surface area (Å²) >= 11 is 0. The minimum atomic E-state index is -0.661. The van der Waals surface area contributed by atoms with Gasteiger partial charge < -0.3 is 15.8 Å². The van der Waals surface area contributed by atoms with Gasteiger partial charge in [-0.2, -0.15) is 0 Å². The fourth-order valence-electron chi connectivity index (χ4n) is 2.50. The van der Waals surface area contributed by atoms with Gasteiger partial charge in [0.05, 0.1) is 5.69 Å². The van der Waals surface area contributed by atoms with Crippen molar-refractivity contribution in [3.05, 3.63) is 89.0 Å². The molecule has 0 fully saturated rings. The van der Waals surface area contributed by atoms with Gasteiger partial charge in [-0.15, -0.1) is 0 Å². The number of carbonyl (C=O) groups is 2. The number of pyridine rings is 1. The normalized spacial score (nSPS) is 10.4. The molecule has 142 valence electrons. The number of benzene rings is 2. The number of nitrogens with one attached hydrogen (secondary N) is 1. The maximum atomic E-state index is 14.3. The number of anilines is 1. The summed E-state index contributed by atoms with van der Waals surface area (Å²) in [6.45, 7) is 1.89. The first-order valence-corrected chi connectivity index (χ1v) is 8.48. The zero-order valence-electron chi connectivity index (χ0n) is 15.1. The number of hydrogen-bond donors (Lipinski definition) is 2. The van der Waals surface area contributed by atoms with E-state index in [1.54, 1.807) is 37.4 Å². The lowest BCUT2D eigenvalue weighted by Crippen LogP contribution is -2.15. The van der Waals surface area contributed by atoms with Crippen LogP contribution in [-0.4, -0.2) is 16.8 Å². The first-order chi connectivity index (χ1) is 13.4. The molecular formula is C21H18FN3O3. The van der Waals surface area contributed by atoms with Crippen LogP contribution in [0.15, 0.2) is 60.8 Å². The Morgan fingerprint density at radius 2 is 1.89 bits per heavy atom. The summed E-state index contributed by atoms with van der Waals surface area (Å²) in [6.07, 6.45) is 1.62. The predicted octanol–water partition coefficient (Wildman–Crippen LogP) is 3.46. The molecule has 0 spiro atoms. The number of amides is 2. The Hall–Kier alpha value is -3.74. The van der Waals surface area contributed by atoms with Crippen molar-refractivity contribution in [3.63, 3.8) is 0 Å². The monoisotopic (exact) mass is 379 g/mol. The summed E-state index contributed by atoms with van der Waals surface area (Å²) in [6, 6.07) is 14.0. The van der Waals surface area contributed by atoms with Crippen molar-refractivity contribution >= 4 is 17.5 Å². The topological polar surface area (TPSA) is 94.3 Å². The maximum Gasteiger partial charge on any atom is 0.255 e. The summed E-state index contributed by atoms with van der Waals surface area (Å²) in [5.41, 5.74) is 7.48. The minimum Gasteiger partial charge on any atom is -0.484 e. The number of aromatic nitrogens is 1. The standard InChI is InChI=1S/C21H18FN3O3/c1-13-5-6-14(20(23)26)11-18(13)25-21(27)15-7-8-19(17(22)10-15)28-12-16-4-2-3-9-24-16/h2-11H,12H2,1H3,(H2,23,26)(H,25,27). The number of ether oxygens (including phenoxy) is 1. The molecule has 0 bridgehead atoms. The predicted molar refractivity (Wildman–Crippen MR) is 103 cm³/mol. The third-order valence-electron chi connectivity index (χ3n) is 4.07. The van der Waals surface area contributed by atoms with Crippen LogP contribution in [0.5, 0.6) is 5.75 Å². The summed E-state index contributed by atoms with van der Waals surface area (Å²) < 4.78 is 19.7. The molecule has 7 heteroatoms. The first kappa shape index (κ1) is 19.0. The number of primary amides is 1. The van der Waals surface area contributed by atoms with Crippen LogP contribution in [0.3, 0.4) is 0 Å². The Balaban J connectivity index is 1.72. The van der Waals surface area contributed by atoms with Crippen LogP contribution < -0.4 is 15.8 Å². The Morgan fingerprint density at radius 3 is 2.57 bits per heavy atom. The molecular weight excluding hydrogens is 361 g/mol. The van der Waals surface area contributed by atoms with Crippen molar-refractivity contribution in [2.75, 3.05) is 5.32 Å². The van der Waals surface area contributed by atoms with Crippen LogP contribution >= 0.6 is 0 Å². The highest BCUT2D eigenvalue weighted by Crippen LogP contribution is 2.22. The molecule has 0 saturated carbocycles. The van der Waals surface area contributed by atoms with Crippen LogP contribution in [0.25, 0.3) is 0 Å². The first-order valence-electron chi connectivity index (χ1n) is 8.48. The van der Waals surface area contributed by atoms with Gasteiger partial charge in [-0.05, 0) is 55.0 Å². The number of nitrogens with zero attached hydrogens (tertiary/aromatic N) is 1. The number of halogens is 1. The molecule has 3 aromatic rings. The quantitative estimate of drug-likeness (QED) is 0.686. The van der Waals surface area contributed by atoms with Crippen LogP contribution in [0.4, 0.5) is 10.1 Å². The zero-order chi connectivity index (χ0) is 20.1. The van der Waals surface area contributed by atoms with E-state index in [1.165, 1.54) is 18.2 Å². The van der Waals surface area contributed by atoms with E-state index in [4.69, 9.17) is 10.5 Å². The Bertz CT molecular complexity index is 1020. The van der Waals surface area contributed by atoms with Crippen molar-refractivity contribution in [2.45, 2.75) is 13.5 Å². The van der Waals surface area contributed by atoms with Gasteiger partial charge >= 0.3 is 0 Å². The van der Waals surface area contributed by atoms with E-state index in [0.717, 1.165) is 11.6 Å². The lowest BCUT2D eigenvalue weighted by Gasteiger charge is -2.11. The van der Waals surface area contributed by atoms with Crippen LogP contribution in [0.2, 0.25) is 0 Å². The van der Waals surface area contributed by atoms with E-state index in [2.05, 4.69) is 10.3 Å². The summed E-state index contributed by atoms with van der Waals surface area (Å²) in [5.74, 6) is -1.75. The third kappa shape index (κ3) is 4.50. The molecule has 3 rings (SSSR count). The molecule has 2 amide bonds. The second kappa shape index (κ2) is 8.30. The van der Waals surface area contributed by atoms with E-state index in [9.17, 15) is 14.0 Å². The van der Waals surface area contributed by atoms with Gasteiger partial charge in [0.15, 0.2) is 11.6 Å². The average molecular weight is 379 g/mol. The molecule has 0 aliphatic carbocycles. The second-order valence-electron chi connectivity index (χ2n) is 6.10. The number of carbonyl (C=O) groups excluding carboxylic acids is 2. The molecule has 0 unspecified atom stereocenters. The molecule has 1 heterocycles. The molecule has 0 atom stereocenters. The highest BCUT2D eigenvalue weighted by atomic mass is 19.1. The Morgan fingerprint density at radius 1 is 1.11 bits per heavy atom. The molecule has 28 heavy (non-hydrogen) atoms. The average Bonchev–Trinajstić information content (AvgIpc) is 2.69. The van der Waals surface area contributed by atoms with Crippen molar-refractivity contribution < 1.29 is 18.7 Å².